The standard InChI is InChI=1S/C11H6BrN3S/c12-9-1-3-10(4-2-9)16-11-8(7-13)5-6-14-15-11/h1-6H. The fourth-order valence-electron chi connectivity index (χ4n) is 1.09. The summed E-state index contributed by atoms with van der Waals surface area (Å²) in [5.41, 5.74) is 0.544. The molecule has 0 fully saturated rings. The van der Waals surface area contributed by atoms with Crippen LogP contribution in [0.3, 0.4) is 0 Å². The van der Waals surface area contributed by atoms with Crippen molar-refractivity contribution >= 4 is 27.7 Å². The summed E-state index contributed by atoms with van der Waals surface area (Å²) in [6.07, 6.45) is 1.52. The lowest BCUT2D eigenvalue weighted by atomic mass is 10.3. The molecule has 0 bridgehead atoms. The first-order valence-electron chi connectivity index (χ1n) is 4.45. The SMILES string of the molecule is N#Cc1ccnnc1Sc1ccc(Br)cc1. The third-order valence-electron chi connectivity index (χ3n) is 1.84. The van der Waals surface area contributed by atoms with Gasteiger partial charge in [-0.2, -0.15) is 10.4 Å². The van der Waals surface area contributed by atoms with E-state index in [1.54, 1.807) is 6.07 Å². The zero-order valence-electron chi connectivity index (χ0n) is 8.09. The molecule has 0 unspecified atom stereocenters. The Bertz CT molecular complexity index is 534. The van der Waals surface area contributed by atoms with Gasteiger partial charge in [0.1, 0.15) is 11.1 Å². The maximum atomic E-state index is 8.90. The van der Waals surface area contributed by atoms with E-state index >= 15 is 0 Å². The number of hydrogen-bond donors (Lipinski definition) is 0. The van der Waals surface area contributed by atoms with Gasteiger partial charge >= 0.3 is 0 Å². The normalized spacial score (nSPS) is 9.75. The van der Waals surface area contributed by atoms with Crippen LogP contribution in [-0.4, -0.2) is 10.2 Å². The zero-order chi connectivity index (χ0) is 11.4. The Morgan fingerprint density at radius 3 is 2.62 bits per heavy atom. The van der Waals surface area contributed by atoms with Crippen molar-refractivity contribution in [3.63, 3.8) is 0 Å². The maximum Gasteiger partial charge on any atom is 0.141 e. The van der Waals surface area contributed by atoms with Crippen molar-refractivity contribution in [1.82, 2.24) is 10.2 Å². The third kappa shape index (κ3) is 2.60. The largest absolute Gasteiger partial charge is 0.192 e. The summed E-state index contributed by atoms with van der Waals surface area (Å²) in [7, 11) is 0. The number of aromatic nitrogens is 2. The van der Waals surface area contributed by atoms with Crippen molar-refractivity contribution in [3.8, 4) is 6.07 Å². The van der Waals surface area contributed by atoms with Crippen LogP contribution in [0.2, 0.25) is 0 Å². The molecule has 0 amide bonds. The summed E-state index contributed by atoms with van der Waals surface area (Å²) >= 11 is 4.80. The average Bonchev–Trinajstić information content (AvgIpc) is 2.33. The number of halogens is 1. The molecule has 0 aliphatic carbocycles. The summed E-state index contributed by atoms with van der Waals surface area (Å²) in [5, 5.41) is 17.3. The van der Waals surface area contributed by atoms with Gasteiger partial charge in [0.25, 0.3) is 0 Å². The second kappa shape index (κ2) is 5.10. The number of nitriles is 1. The fourth-order valence-corrected chi connectivity index (χ4v) is 2.16. The van der Waals surface area contributed by atoms with Crippen molar-refractivity contribution < 1.29 is 0 Å². The molecule has 0 spiro atoms. The highest BCUT2D eigenvalue weighted by Gasteiger charge is 2.05. The number of nitrogens with zero attached hydrogens (tertiary/aromatic N) is 3. The van der Waals surface area contributed by atoms with Crippen molar-refractivity contribution in [2.24, 2.45) is 0 Å². The number of hydrogen-bond acceptors (Lipinski definition) is 4. The molecule has 1 aromatic heterocycles. The molecule has 78 valence electrons. The van der Waals surface area contributed by atoms with Crippen LogP contribution in [0.4, 0.5) is 0 Å². The Kier molecular flexibility index (Phi) is 3.54. The predicted molar refractivity (Wildman–Crippen MR) is 65.0 cm³/mol. The van der Waals surface area contributed by atoms with Gasteiger partial charge in [0.15, 0.2) is 0 Å². The first-order valence-corrected chi connectivity index (χ1v) is 6.06. The summed E-state index contributed by atoms with van der Waals surface area (Å²) in [4.78, 5) is 1.03. The van der Waals surface area contributed by atoms with E-state index in [-0.39, 0.29) is 0 Å². The van der Waals surface area contributed by atoms with Crippen LogP contribution in [0.15, 0.2) is 50.9 Å². The Morgan fingerprint density at radius 2 is 1.94 bits per heavy atom. The molecule has 1 aromatic carbocycles. The summed E-state index contributed by atoms with van der Waals surface area (Å²) in [6.45, 7) is 0. The Labute approximate surface area is 106 Å². The molecule has 0 saturated carbocycles. The monoisotopic (exact) mass is 291 g/mol. The first-order chi connectivity index (χ1) is 7.79. The number of rotatable bonds is 2. The first kappa shape index (κ1) is 11.1. The van der Waals surface area contributed by atoms with E-state index in [2.05, 4.69) is 32.2 Å². The number of benzene rings is 1. The molecule has 2 rings (SSSR count). The fraction of sp³-hybridized carbons (Fsp3) is 0. The molecular formula is C11H6BrN3S. The van der Waals surface area contributed by atoms with E-state index in [1.807, 2.05) is 24.3 Å². The highest BCUT2D eigenvalue weighted by molar-refractivity contribution is 9.10. The van der Waals surface area contributed by atoms with Gasteiger partial charge in [0, 0.05) is 9.37 Å². The van der Waals surface area contributed by atoms with Crippen LogP contribution in [0, 0.1) is 11.3 Å². The molecule has 1 heterocycles. The van der Waals surface area contributed by atoms with E-state index in [0.29, 0.717) is 10.6 Å². The van der Waals surface area contributed by atoms with Crippen molar-refractivity contribution in [1.29, 1.82) is 5.26 Å². The maximum absolute atomic E-state index is 8.90. The third-order valence-corrected chi connectivity index (χ3v) is 3.37. The zero-order valence-corrected chi connectivity index (χ0v) is 10.5. The van der Waals surface area contributed by atoms with Crippen molar-refractivity contribution in [3.05, 3.63) is 46.6 Å². The van der Waals surface area contributed by atoms with Gasteiger partial charge in [0.2, 0.25) is 0 Å². The Hall–Kier alpha value is -1.38. The lowest BCUT2D eigenvalue weighted by Gasteiger charge is -2.01. The van der Waals surface area contributed by atoms with Crippen molar-refractivity contribution in [2.75, 3.05) is 0 Å². The summed E-state index contributed by atoms with van der Waals surface area (Å²) in [5.74, 6) is 0. The lowest BCUT2D eigenvalue weighted by molar-refractivity contribution is 0.920. The molecule has 2 aromatic rings. The van der Waals surface area contributed by atoms with Crippen LogP contribution in [0.5, 0.6) is 0 Å². The highest BCUT2D eigenvalue weighted by atomic mass is 79.9. The molecule has 0 aliphatic heterocycles. The second-order valence-electron chi connectivity index (χ2n) is 2.92. The molecule has 0 aliphatic rings. The Morgan fingerprint density at radius 1 is 1.19 bits per heavy atom. The van der Waals surface area contributed by atoms with E-state index in [4.69, 9.17) is 5.26 Å². The lowest BCUT2D eigenvalue weighted by Crippen LogP contribution is -1.88. The molecule has 0 radical (unpaired) electrons. The highest BCUT2D eigenvalue weighted by Crippen LogP contribution is 2.28. The van der Waals surface area contributed by atoms with Crippen molar-refractivity contribution in [2.45, 2.75) is 9.92 Å². The van der Waals surface area contributed by atoms with Gasteiger partial charge in [-0.3, -0.25) is 0 Å². The van der Waals surface area contributed by atoms with Crippen LogP contribution in [0.25, 0.3) is 0 Å². The summed E-state index contributed by atoms with van der Waals surface area (Å²) in [6, 6.07) is 11.6. The molecule has 0 saturated heterocycles. The van der Waals surface area contributed by atoms with Gasteiger partial charge in [-0.15, -0.1) is 5.10 Å². The molecule has 0 N–H and O–H groups in total. The van der Waals surface area contributed by atoms with Crippen LogP contribution in [-0.2, 0) is 0 Å². The van der Waals surface area contributed by atoms with E-state index in [0.717, 1.165) is 9.37 Å². The minimum Gasteiger partial charge on any atom is -0.192 e. The van der Waals surface area contributed by atoms with Gasteiger partial charge in [0.05, 0.1) is 11.8 Å². The van der Waals surface area contributed by atoms with E-state index in [9.17, 15) is 0 Å². The summed E-state index contributed by atoms with van der Waals surface area (Å²) < 4.78 is 1.02. The molecule has 5 heteroatoms. The van der Waals surface area contributed by atoms with Gasteiger partial charge in [-0.05, 0) is 30.3 Å². The topological polar surface area (TPSA) is 49.6 Å². The van der Waals surface area contributed by atoms with Crippen LogP contribution < -0.4 is 0 Å². The average molecular weight is 292 g/mol. The van der Waals surface area contributed by atoms with Gasteiger partial charge in [-0.25, -0.2) is 0 Å². The van der Waals surface area contributed by atoms with Gasteiger partial charge in [-0.1, -0.05) is 27.7 Å². The predicted octanol–water partition coefficient (Wildman–Crippen LogP) is 3.26. The molecule has 16 heavy (non-hydrogen) atoms. The molecule has 0 atom stereocenters. The second-order valence-corrected chi connectivity index (χ2v) is 4.90. The molecular weight excluding hydrogens is 286 g/mol. The molecule has 3 nitrogen and oxygen atoms in total. The van der Waals surface area contributed by atoms with Crippen LogP contribution >= 0.6 is 27.7 Å². The van der Waals surface area contributed by atoms with E-state index < -0.39 is 0 Å². The van der Waals surface area contributed by atoms with Crippen LogP contribution in [0.1, 0.15) is 5.56 Å². The Balaban J connectivity index is 2.27. The minimum atomic E-state index is 0.544. The van der Waals surface area contributed by atoms with E-state index in [1.165, 1.54) is 18.0 Å². The van der Waals surface area contributed by atoms with Gasteiger partial charge < -0.3 is 0 Å². The smallest absolute Gasteiger partial charge is 0.141 e. The quantitative estimate of drug-likeness (QED) is 0.852. The minimum absolute atomic E-state index is 0.544.